The topological polar surface area (TPSA) is 40.1 Å². The standard InChI is InChI=1S/C15H22O2.Cs/c1-12-9-10-13(2)14(11-12)7-5-3-4-6-8-15(16)17;/h9-11H,3-8H2,1-2H3,(H,16,17);/q;+1/p-1. The monoisotopic (exact) mass is 366 g/mol. The summed E-state index contributed by atoms with van der Waals surface area (Å²) in [5, 5.41) is 10.2. The third-order valence-corrected chi connectivity index (χ3v) is 3.08. The number of unbranched alkanes of at least 4 members (excludes halogenated alkanes) is 3. The first-order chi connectivity index (χ1) is 8.09. The number of hydrogen-bond donors (Lipinski definition) is 0. The van der Waals surface area contributed by atoms with Crippen molar-refractivity contribution in [3.05, 3.63) is 34.9 Å². The number of carbonyl (C=O) groups is 1. The fourth-order valence-corrected chi connectivity index (χ4v) is 2.01. The van der Waals surface area contributed by atoms with Crippen LogP contribution in [0, 0.1) is 13.8 Å². The van der Waals surface area contributed by atoms with E-state index in [4.69, 9.17) is 0 Å². The summed E-state index contributed by atoms with van der Waals surface area (Å²) in [7, 11) is 0. The predicted molar refractivity (Wildman–Crippen MR) is 67.7 cm³/mol. The van der Waals surface area contributed by atoms with Gasteiger partial charge in [-0.25, -0.2) is 0 Å². The number of benzene rings is 1. The number of aryl methyl sites for hydroxylation is 3. The van der Waals surface area contributed by atoms with Crippen LogP contribution in [0.5, 0.6) is 0 Å². The van der Waals surface area contributed by atoms with Crippen molar-refractivity contribution >= 4 is 5.97 Å². The van der Waals surface area contributed by atoms with Crippen LogP contribution >= 0.6 is 0 Å². The molecule has 1 rings (SSSR count). The molecule has 0 aliphatic carbocycles. The zero-order valence-electron chi connectivity index (χ0n) is 11.8. The van der Waals surface area contributed by atoms with Gasteiger partial charge >= 0.3 is 68.9 Å². The molecule has 0 spiro atoms. The van der Waals surface area contributed by atoms with Gasteiger partial charge in [-0.15, -0.1) is 0 Å². The van der Waals surface area contributed by atoms with Gasteiger partial charge in [-0.2, -0.15) is 0 Å². The molecule has 94 valence electrons. The van der Waals surface area contributed by atoms with Crippen LogP contribution in [0.25, 0.3) is 0 Å². The van der Waals surface area contributed by atoms with Gasteiger partial charge in [0.25, 0.3) is 0 Å². The van der Waals surface area contributed by atoms with Crippen LogP contribution in [0.15, 0.2) is 18.2 Å². The van der Waals surface area contributed by atoms with Gasteiger partial charge in [0, 0.05) is 5.97 Å². The first kappa shape index (κ1) is 18.7. The van der Waals surface area contributed by atoms with Crippen LogP contribution in [0.3, 0.4) is 0 Å². The summed E-state index contributed by atoms with van der Waals surface area (Å²) in [6, 6.07) is 6.55. The Morgan fingerprint density at radius 1 is 1.11 bits per heavy atom. The summed E-state index contributed by atoms with van der Waals surface area (Å²) >= 11 is 0. The molecule has 1 aromatic carbocycles. The minimum atomic E-state index is -0.931. The number of hydrogen-bond acceptors (Lipinski definition) is 2. The van der Waals surface area contributed by atoms with Gasteiger partial charge in [0.15, 0.2) is 0 Å². The molecule has 0 bridgehead atoms. The molecule has 0 aliphatic heterocycles. The molecule has 0 heterocycles. The van der Waals surface area contributed by atoms with Crippen molar-refractivity contribution in [2.24, 2.45) is 0 Å². The first-order valence-electron chi connectivity index (χ1n) is 6.35. The van der Waals surface area contributed by atoms with Crippen LogP contribution in [0.1, 0.15) is 48.8 Å². The van der Waals surface area contributed by atoms with E-state index < -0.39 is 5.97 Å². The van der Waals surface area contributed by atoms with E-state index in [9.17, 15) is 9.90 Å². The minimum Gasteiger partial charge on any atom is -0.550 e. The number of rotatable bonds is 7. The molecule has 0 unspecified atom stereocenters. The van der Waals surface area contributed by atoms with E-state index in [1.807, 2.05) is 0 Å². The van der Waals surface area contributed by atoms with Crippen molar-refractivity contribution in [2.75, 3.05) is 0 Å². The summed E-state index contributed by atoms with van der Waals surface area (Å²) in [5.74, 6) is -0.931. The van der Waals surface area contributed by atoms with Gasteiger partial charge in [0.1, 0.15) is 0 Å². The van der Waals surface area contributed by atoms with Crippen LogP contribution in [-0.2, 0) is 11.2 Å². The predicted octanol–water partition coefficient (Wildman–Crippen LogP) is -0.450. The van der Waals surface area contributed by atoms with E-state index in [-0.39, 0.29) is 75.3 Å². The summed E-state index contributed by atoms with van der Waals surface area (Å²) in [6.07, 6.45) is 5.26. The van der Waals surface area contributed by atoms with E-state index in [1.165, 1.54) is 16.7 Å². The number of aliphatic carboxylic acids is 1. The van der Waals surface area contributed by atoms with Gasteiger partial charge in [0.2, 0.25) is 0 Å². The number of carbonyl (C=O) groups excluding carboxylic acids is 1. The van der Waals surface area contributed by atoms with E-state index >= 15 is 0 Å². The Morgan fingerprint density at radius 3 is 2.44 bits per heavy atom. The quantitative estimate of drug-likeness (QED) is 0.614. The van der Waals surface area contributed by atoms with Gasteiger partial charge in [-0.3, -0.25) is 0 Å². The molecule has 0 fully saturated rings. The van der Waals surface area contributed by atoms with Crippen molar-refractivity contribution in [3.63, 3.8) is 0 Å². The molecule has 0 aliphatic rings. The second-order valence-electron chi connectivity index (χ2n) is 4.72. The second-order valence-corrected chi connectivity index (χ2v) is 4.72. The average Bonchev–Trinajstić information content (AvgIpc) is 2.27. The van der Waals surface area contributed by atoms with Crippen LogP contribution in [0.2, 0.25) is 0 Å². The summed E-state index contributed by atoms with van der Waals surface area (Å²) in [5.41, 5.74) is 4.08. The molecule has 0 saturated carbocycles. The maximum absolute atomic E-state index is 10.2. The SMILES string of the molecule is Cc1ccc(C)c(CCCCCCC(=O)[O-])c1.[Cs+]. The van der Waals surface area contributed by atoms with Crippen molar-refractivity contribution < 1.29 is 78.8 Å². The van der Waals surface area contributed by atoms with E-state index in [0.717, 1.165) is 32.1 Å². The van der Waals surface area contributed by atoms with Crippen molar-refractivity contribution in [1.29, 1.82) is 0 Å². The van der Waals surface area contributed by atoms with Crippen LogP contribution in [-0.4, -0.2) is 5.97 Å². The molecular formula is C15H21CsO2. The normalized spacial score (nSPS) is 9.89. The maximum atomic E-state index is 10.2. The molecule has 0 aromatic heterocycles. The largest absolute Gasteiger partial charge is 1.00 e. The van der Waals surface area contributed by atoms with E-state index in [2.05, 4.69) is 32.0 Å². The van der Waals surface area contributed by atoms with Crippen LogP contribution in [0.4, 0.5) is 0 Å². The number of carboxylic acid groups (broad SMARTS) is 1. The Kier molecular flexibility index (Phi) is 11.0. The molecule has 2 nitrogen and oxygen atoms in total. The van der Waals surface area contributed by atoms with Crippen molar-refractivity contribution in [3.8, 4) is 0 Å². The second kappa shape index (κ2) is 10.5. The Balaban J connectivity index is 0.00000289. The summed E-state index contributed by atoms with van der Waals surface area (Å²) in [4.78, 5) is 10.2. The minimum absolute atomic E-state index is 0. The Hall–Kier alpha value is 0.742. The third-order valence-electron chi connectivity index (χ3n) is 3.08. The Labute approximate surface area is 169 Å². The van der Waals surface area contributed by atoms with Gasteiger partial charge < -0.3 is 9.90 Å². The zero-order valence-corrected chi connectivity index (χ0v) is 18.1. The smallest absolute Gasteiger partial charge is 0.550 e. The Morgan fingerprint density at radius 2 is 1.78 bits per heavy atom. The maximum Gasteiger partial charge on any atom is 1.00 e. The van der Waals surface area contributed by atoms with E-state index in [0.29, 0.717) is 0 Å². The van der Waals surface area contributed by atoms with E-state index in [1.54, 1.807) is 0 Å². The first-order valence-corrected chi connectivity index (χ1v) is 6.35. The molecule has 3 heteroatoms. The fourth-order valence-electron chi connectivity index (χ4n) is 2.01. The molecule has 0 amide bonds. The molecule has 0 radical (unpaired) electrons. The van der Waals surface area contributed by atoms with Gasteiger partial charge in [-0.1, -0.05) is 36.6 Å². The fraction of sp³-hybridized carbons (Fsp3) is 0.533. The summed E-state index contributed by atoms with van der Waals surface area (Å²) < 4.78 is 0. The molecule has 0 saturated heterocycles. The van der Waals surface area contributed by atoms with Crippen molar-refractivity contribution in [2.45, 2.75) is 52.4 Å². The van der Waals surface area contributed by atoms with Gasteiger partial charge in [0.05, 0.1) is 0 Å². The molecule has 18 heavy (non-hydrogen) atoms. The molecular weight excluding hydrogens is 345 g/mol. The zero-order chi connectivity index (χ0) is 12.7. The number of carboxylic acids is 1. The third kappa shape index (κ3) is 8.02. The van der Waals surface area contributed by atoms with Gasteiger partial charge in [-0.05, 0) is 50.7 Å². The molecule has 0 atom stereocenters. The summed E-state index contributed by atoms with van der Waals surface area (Å²) in [6.45, 7) is 4.26. The molecule has 0 N–H and O–H groups in total. The Bertz CT molecular complexity index is 375. The van der Waals surface area contributed by atoms with Crippen molar-refractivity contribution in [1.82, 2.24) is 0 Å². The van der Waals surface area contributed by atoms with Crippen LogP contribution < -0.4 is 74.0 Å². The molecule has 1 aromatic rings. The average molecular weight is 366 g/mol.